The van der Waals surface area contributed by atoms with Crippen molar-refractivity contribution in [3.63, 3.8) is 0 Å². The molecule has 0 saturated carbocycles. The number of aryl methyl sites for hydroxylation is 1. The molecular formula is C10H18N4. The molecule has 1 N–H and O–H groups in total. The number of likely N-dealkylation sites (N-methyl/N-ethyl adjacent to an activating group) is 2. The van der Waals surface area contributed by atoms with Crippen LogP contribution in [0.4, 0.5) is 5.82 Å². The Kier molecular flexibility index (Phi) is 4.32. The summed E-state index contributed by atoms with van der Waals surface area (Å²) in [6.07, 6.45) is 1.79. The maximum Gasteiger partial charge on any atom is 0.132 e. The summed E-state index contributed by atoms with van der Waals surface area (Å²) < 4.78 is 0. The van der Waals surface area contributed by atoms with Crippen molar-refractivity contribution < 1.29 is 0 Å². The minimum Gasteiger partial charge on any atom is -0.358 e. The van der Waals surface area contributed by atoms with E-state index in [-0.39, 0.29) is 0 Å². The number of nitrogens with zero attached hydrogens (tertiary/aromatic N) is 3. The summed E-state index contributed by atoms with van der Waals surface area (Å²) in [7, 11) is 2.04. The quantitative estimate of drug-likeness (QED) is 0.705. The Hall–Kier alpha value is -1.16. The minimum atomic E-state index is 0.817. The Morgan fingerprint density at radius 3 is 2.93 bits per heavy atom. The van der Waals surface area contributed by atoms with Crippen LogP contribution in [0.5, 0.6) is 0 Å². The summed E-state index contributed by atoms with van der Waals surface area (Å²) in [5, 5.41) is 3.28. The number of rotatable bonds is 5. The number of hydrogen-bond acceptors (Lipinski definition) is 4. The van der Waals surface area contributed by atoms with Crippen molar-refractivity contribution in [3.05, 3.63) is 18.1 Å². The van der Waals surface area contributed by atoms with Gasteiger partial charge < -0.3 is 10.2 Å². The Morgan fingerprint density at radius 1 is 1.50 bits per heavy atom. The van der Waals surface area contributed by atoms with Gasteiger partial charge in [-0.3, -0.25) is 0 Å². The average molecular weight is 194 g/mol. The van der Waals surface area contributed by atoms with E-state index in [4.69, 9.17) is 0 Å². The average Bonchev–Trinajstić information content (AvgIpc) is 2.18. The molecule has 0 saturated heterocycles. The Labute approximate surface area is 85.4 Å². The summed E-state index contributed by atoms with van der Waals surface area (Å²) in [5.74, 6) is 1.80. The summed E-state index contributed by atoms with van der Waals surface area (Å²) >= 11 is 0. The van der Waals surface area contributed by atoms with E-state index in [1.807, 2.05) is 20.0 Å². The zero-order chi connectivity index (χ0) is 10.4. The van der Waals surface area contributed by atoms with Crippen LogP contribution in [0.15, 0.2) is 12.3 Å². The van der Waals surface area contributed by atoms with Crippen molar-refractivity contribution in [3.8, 4) is 0 Å². The maximum atomic E-state index is 4.34. The molecule has 1 heterocycles. The van der Waals surface area contributed by atoms with Crippen LogP contribution in [0.1, 0.15) is 12.7 Å². The Balaban J connectivity index is 2.47. The molecule has 1 aromatic rings. The Bertz CT molecular complexity index is 275. The molecule has 0 aliphatic carbocycles. The molecule has 0 aliphatic rings. The molecule has 0 bridgehead atoms. The zero-order valence-corrected chi connectivity index (χ0v) is 9.12. The van der Waals surface area contributed by atoms with Crippen LogP contribution in [-0.4, -0.2) is 36.6 Å². The van der Waals surface area contributed by atoms with E-state index in [1.165, 1.54) is 0 Å². The van der Waals surface area contributed by atoms with Gasteiger partial charge in [0, 0.05) is 26.3 Å². The first-order valence-corrected chi connectivity index (χ1v) is 4.95. The molecule has 0 aromatic carbocycles. The first-order valence-electron chi connectivity index (χ1n) is 4.95. The van der Waals surface area contributed by atoms with Crippen LogP contribution in [0.3, 0.4) is 0 Å². The van der Waals surface area contributed by atoms with Gasteiger partial charge in [-0.1, -0.05) is 6.92 Å². The predicted octanol–water partition coefficient (Wildman–Crippen LogP) is 0.831. The molecule has 0 unspecified atom stereocenters. The third kappa shape index (κ3) is 3.30. The SMILES string of the molecule is CCNCCN(C)c1ccnc(C)n1. The highest BCUT2D eigenvalue weighted by atomic mass is 15.2. The van der Waals surface area contributed by atoms with Crippen LogP contribution in [0.2, 0.25) is 0 Å². The fourth-order valence-corrected chi connectivity index (χ4v) is 1.19. The van der Waals surface area contributed by atoms with Gasteiger partial charge in [-0.15, -0.1) is 0 Å². The molecule has 14 heavy (non-hydrogen) atoms. The minimum absolute atomic E-state index is 0.817. The van der Waals surface area contributed by atoms with E-state index in [0.29, 0.717) is 0 Å². The molecule has 0 atom stereocenters. The summed E-state index contributed by atoms with van der Waals surface area (Å²) in [6.45, 7) is 6.97. The first kappa shape index (κ1) is 10.9. The molecule has 0 spiro atoms. The standard InChI is InChI=1S/C10H18N4/c1-4-11-7-8-14(3)10-5-6-12-9(2)13-10/h5-6,11H,4,7-8H2,1-3H3. The van der Waals surface area contributed by atoms with Crippen molar-refractivity contribution in [2.24, 2.45) is 0 Å². The second-order valence-corrected chi connectivity index (χ2v) is 3.24. The lowest BCUT2D eigenvalue weighted by atomic mass is 10.4. The molecule has 4 nitrogen and oxygen atoms in total. The van der Waals surface area contributed by atoms with E-state index in [1.54, 1.807) is 6.20 Å². The fourth-order valence-electron chi connectivity index (χ4n) is 1.19. The normalized spacial score (nSPS) is 10.2. The van der Waals surface area contributed by atoms with Crippen LogP contribution >= 0.6 is 0 Å². The third-order valence-electron chi connectivity index (χ3n) is 2.03. The van der Waals surface area contributed by atoms with E-state index >= 15 is 0 Å². The molecule has 0 fully saturated rings. The van der Waals surface area contributed by atoms with Crippen molar-refractivity contribution >= 4 is 5.82 Å². The summed E-state index contributed by atoms with van der Waals surface area (Å²) in [4.78, 5) is 10.5. The Morgan fingerprint density at radius 2 is 2.29 bits per heavy atom. The molecule has 1 aromatic heterocycles. The molecule has 78 valence electrons. The summed E-state index contributed by atoms with van der Waals surface area (Å²) in [5.41, 5.74) is 0. The topological polar surface area (TPSA) is 41.0 Å². The lowest BCUT2D eigenvalue weighted by Gasteiger charge is -2.18. The lowest BCUT2D eigenvalue weighted by Crippen LogP contribution is -2.29. The fraction of sp³-hybridized carbons (Fsp3) is 0.600. The first-order chi connectivity index (χ1) is 6.74. The van der Waals surface area contributed by atoms with Crippen LogP contribution in [-0.2, 0) is 0 Å². The van der Waals surface area contributed by atoms with E-state index in [2.05, 4.69) is 27.1 Å². The largest absolute Gasteiger partial charge is 0.358 e. The van der Waals surface area contributed by atoms with Crippen LogP contribution in [0, 0.1) is 6.92 Å². The van der Waals surface area contributed by atoms with Crippen molar-refractivity contribution in [2.75, 3.05) is 31.6 Å². The number of aromatic nitrogens is 2. The van der Waals surface area contributed by atoms with E-state index in [9.17, 15) is 0 Å². The van der Waals surface area contributed by atoms with Gasteiger partial charge in [-0.25, -0.2) is 9.97 Å². The summed E-state index contributed by atoms with van der Waals surface area (Å²) in [6, 6.07) is 1.93. The molecular weight excluding hydrogens is 176 g/mol. The van der Waals surface area contributed by atoms with Gasteiger partial charge in [0.25, 0.3) is 0 Å². The second-order valence-electron chi connectivity index (χ2n) is 3.24. The number of anilines is 1. The molecule has 0 amide bonds. The van der Waals surface area contributed by atoms with Crippen LogP contribution < -0.4 is 10.2 Å². The van der Waals surface area contributed by atoms with Crippen molar-refractivity contribution in [1.82, 2.24) is 15.3 Å². The smallest absolute Gasteiger partial charge is 0.132 e. The van der Waals surface area contributed by atoms with E-state index in [0.717, 1.165) is 31.3 Å². The molecule has 0 radical (unpaired) electrons. The number of hydrogen-bond donors (Lipinski definition) is 1. The highest BCUT2D eigenvalue weighted by Crippen LogP contribution is 2.05. The lowest BCUT2D eigenvalue weighted by molar-refractivity contribution is 0.701. The van der Waals surface area contributed by atoms with Gasteiger partial charge in [-0.2, -0.15) is 0 Å². The predicted molar refractivity (Wildman–Crippen MR) is 58.6 cm³/mol. The van der Waals surface area contributed by atoms with Crippen LogP contribution in [0.25, 0.3) is 0 Å². The highest BCUT2D eigenvalue weighted by Gasteiger charge is 2.01. The molecule has 0 aliphatic heterocycles. The van der Waals surface area contributed by atoms with Gasteiger partial charge in [0.1, 0.15) is 11.6 Å². The third-order valence-corrected chi connectivity index (χ3v) is 2.03. The van der Waals surface area contributed by atoms with E-state index < -0.39 is 0 Å². The van der Waals surface area contributed by atoms with Gasteiger partial charge in [0.15, 0.2) is 0 Å². The zero-order valence-electron chi connectivity index (χ0n) is 9.12. The monoisotopic (exact) mass is 194 g/mol. The van der Waals surface area contributed by atoms with Crippen molar-refractivity contribution in [1.29, 1.82) is 0 Å². The van der Waals surface area contributed by atoms with Gasteiger partial charge in [0.2, 0.25) is 0 Å². The maximum absolute atomic E-state index is 4.34. The van der Waals surface area contributed by atoms with Crippen molar-refractivity contribution in [2.45, 2.75) is 13.8 Å². The second kappa shape index (κ2) is 5.54. The van der Waals surface area contributed by atoms with Gasteiger partial charge in [0.05, 0.1) is 0 Å². The molecule has 4 heteroatoms. The van der Waals surface area contributed by atoms with Gasteiger partial charge in [-0.05, 0) is 19.5 Å². The van der Waals surface area contributed by atoms with Gasteiger partial charge >= 0.3 is 0 Å². The molecule has 1 rings (SSSR count). The number of nitrogens with one attached hydrogen (secondary N) is 1. The highest BCUT2D eigenvalue weighted by molar-refractivity contribution is 5.35.